The smallest absolute Gasteiger partial charge is 0.259 e. The number of nitrogens with zero attached hydrogens (tertiary/aromatic N) is 1. The molecule has 0 saturated heterocycles. The van der Waals surface area contributed by atoms with Crippen molar-refractivity contribution < 1.29 is 9.21 Å². The molecular formula is C15H18N2O2. The molecule has 0 saturated carbocycles. The predicted molar refractivity (Wildman–Crippen MR) is 76.9 cm³/mol. The Hall–Kier alpha value is -2.23. The number of carbonyl (C=O) groups excluding carboxylic acids is 1. The van der Waals surface area contributed by atoms with Crippen LogP contribution in [0.1, 0.15) is 21.9 Å². The van der Waals surface area contributed by atoms with Crippen molar-refractivity contribution in [3.8, 4) is 0 Å². The summed E-state index contributed by atoms with van der Waals surface area (Å²) in [6, 6.07) is 9.44. The molecule has 0 radical (unpaired) electrons. The van der Waals surface area contributed by atoms with E-state index in [-0.39, 0.29) is 5.91 Å². The van der Waals surface area contributed by atoms with Crippen molar-refractivity contribution in [3.05, 3.63) is 47.4 Å². The van der Waals surface area contributed by atoms with Gasteiger partial charge in [-0.05, 0) is 44.2 Å². The van der Waals surface area contributed by atoms with E-state index in [0.29, 0.717) is 11.3 Å². The molecule has 4 nitrogen and oxygen atoms in total. The van der Waals surface area contributed by atoms with Crippen molar-refractivity contribution in [2.24, 2.45) is 0 Å². The highest BCUT2D eigenvalue weighted by Gasteiger charge is 2.13. The second kappa shape index (κ2) is 5.18. The number of rotatable bonds is 3. The molecule has 0 bridgehead atoms. The first-order valence-electron chi connectivity index (χ1n) is 6.13. The summed E-state index contributed by atoms with van der Waals surface area (Å²) in [6.07, 6.45) is 0. The quantitative estimate of drug-likeness (QED) is 0.919. The molecule has 0 spiro atoms. The highest BCUT2D eigenvalue weighted by Crippen LogP contribution is 2.18. The highest BCUT2D eigenvalue weighted by atomic mass is 16.3. The molecule has 4 heteroatoms. The summed E-state index contributed by atoms with van der Waals surface area (Å²) in [4.78, 5) is 14.1. The first-order chi connectivity index (χ1) is 8.97. The lowest BCUT2D eigenvalue weighted by Crippen LogP contribution is -2.12. The Labute approximate surface area is 113 Å². The van der Waals surface area contributed by atoms with E-state index in [0.717, 1.165) is 17.1 Å². The monoisotopic (exact) mass is 258 g/mol. The highest BCUT2D eigenvalue weighted by molar-refractivity contribution is 6.05. The minimum absolute atomic E-state index is 0.146. The van der Waals surface area contributed by atoms with Crippen LogP contribution in [0.4, 0.5) is 11.4 Å². The SMILES string of the molecule is Cc1cc(C(=O)Nc2ccc(N(C)C)cc2)c(C)o1. The maximum absolute atomic E-state index is 12.1. The van der Waals surface area contributed by atoms with Crippen LogP contribution >= 0.6 is 0 Å². The van der Waals surface area contributed by atoms with Gasteiger partial charge in [-0.25, -0.2) is 0 Å². The molecule has 0 aliphatic heterocycles. The summed E-state index contributed by atoms with van der Waals surface area (Å²) in [6.45, 7) is 3.62. The van der Waals surface area contributed by atoms with E-state index < -0.39 is 0 Å². The molecule has 0 unspecified atom stereocenters. The zero-order valence-electron chi connectivity index (χ0n) is 11.7. The second-order valence-electron chi connectivity index (χ2n) is 4.72. The zero-order valence-corrected chi connectivity index (χ0v) is 11.7. The number of aryl methyl sites for hydroxylation is 2. The van der Waals surface area contributed by atoms with Crippen LogP contribution < -0.4 is 10.2 Å². The average Bonchev–Trinajstić information content (AvgIpc) is 2.69. The third-order valence-electron chi connectivity index (χ3n) is 2.93. The fourth-order valence-electron chi connectivity index (χ4n) is 1.90. The molecule has 0 aliphatic carbocycles. The van der Waals surface area contributed by atoms with Crippen molar-refractivity contribution >= 4 is 17.3 Å². The lowest BCUT2D eigenvalue weighted by molar-refractivity contribution is 0.102. The molecule has 1 aromatic carbocycles. The van der Waals surface area contributed by atoms with E-state index in [2.05, 4.69) is 5.32 Å². The Morgan fingerprint density at radius 3 is 2.26 bits per heavy atom. The van der Waals surface area contributed by atoms with Gasteiger partial charge in [0, 0.05) is 25.5 Å². The molecule has 0 atom stereocenters. The molecule has 100 valence electrons. The fourth-order valence-corrected chi connectivity index (χ4v) is 1.90. The Balaban J connectivity index is 2.13. The predicted octanol–water partition coefficient (Wildman–Crippen LogP) is 3.21. The van der Waals surface area contributed by atoms with Gasteiger partial charge in [0.2, 0.25) is 0 Å². The number of nitrogens with one attached hydrogen (secondary N) is 1. The molecule has 0 fully saturated rings. The number of hydrogen-bond donors (Lipinski definition) is 1. The van der Waals surface area contributed by atoms with E-state index in [1.807, 2.05) is 50.2 Å². The standard InChI is InChI=1S/C15H18N2O2/c1-10-9-14(11(2)19-10)15(18)16-12-5-7-13(8-6-12)17(3)4/h5-9H,1-4H3,(H,16,18). The summed E-state index contributed by atoms with van der Waals surface area (Å²) in [7, 11) is 3.95. The molecule has 2 rings (SSSR count). The minimum Gasteiger partial charge on any atom is -0.466 e. The molecule has 0 aliphatic rings. The van der Waals surface area contributed by atoms with Crippen molar-refractivity contribution in [3.63, 3.8) is 0 Å². The van der Waals surface area contributed by atoms with Crippen molar-refractivity contribution in [1.82, 2.24) is 0 Å². The molecule has 19 heavy (non-hydrogen) atoms. The van der Waals surface area contributed by atoms with Gasteiger partial charge in [-0.3, -0.25) is 4.79 Å². The van der Waals surface area contributed by atoms with Crippen LogP contribution in [0.15, 0.2) is 34.7 Å². The van der Waals surface area contributed by atoms with Crippen molar-refractivity contribution in [2.45, 2.75) is 13.8 Å². The molecule has 1 amide bonds. The van der Waals surface area contributed by atoms with Gasteiger partial charge in [0.1, 0.15) is 11.5 Å². The normalized spacial score (nSPS) is 10.3. The lowest BCUT2D eigenvalue weighted by atomic mass is 10.2. The number of furan rings is 1. The topological polar surface area (TPSA) is 45.5 Å². The van der Waals surface area contributed by atoms with E-state index >= 15 is 0 Å². The molecular weight excluding hydrogens is 240 g/mol. The third-order valence-corrected chi connectivity index (χ3v) is 2.93. The second-order valence-corrected chi connectivity index (χ2v) is 4.72. The maximum Gasteiger partial charge on any atom is 0.259 e. The number of benzene rings is 1. The van der Waals surface area contributed by atoms with Crippen molar-refractivity contribution in [2.75, 3.05) is 24.3 Å². The third kappa shape index (κ3) is 2.96. The summed E-state index contributed by atoms with van der Waals surface area (Å²) in [5.41, 5.74) is 2.44. The minimum atomic E-state index is -0.146. The molecule has 2 aromatic rings. The van der Waals surface area contributed by atoms with Gasteiger partial charge in [0.05, 0.1) is 5.56 Å². The van der Waals surface area contributed by atoms with Gasteiger partial charge in [0.15, 0.2) is 0 Å². The van der Waals surface area contributed by atoms with Crippen LogP contribution in [0.5, 0.6) is 0 Å². The first kappa shape index (κ1) is 13.2. The number of anilines is 2. The van der Waals surface area contributed by atoms with Crippen LogP contribution in [0.2, 0.25) is 0 Å². The lowest BCUT2D eigenvalue weighted by Gasteiger charge is -2.12. The molecule has 1 heterocycles. The Bertz CT molecular complexity index is 583. The van der Waals surface area contributed by atoms with E-state index in [9.17, 15) is 4.79 Å². The van der Waals surface area contributed by atoms with Crippen LogP contribution in [-0.2, 0) is 0 Å². The fraction of sp³-hybridized carbons (Fsp3) is 0.267. The number of amides is 1. The van der Waals surface area contributed by atoms with Gasteiger partial charge in [0.25, 0.3) is 5.91 Å². The average molecular weight is 258 g/mol. The van der Waals surface area contributed by atoms with Crippen LogP contribution in [0.3, 0.4) is 0 Å². The largest absolute Gasteiger partial charge is 0.466 e. The Morgan fingerprint density at radius 1 is 1.16 bits per heavy atom. The molecule has 1 N–H and O–H groups in total. The van der Waals surface area contributed by atoms with Gasteiger partial charge in [-0.1, -0.05) is 0 Å². The summed E-state index contributed by atoms with van der Waals surface area (Å²) in [5.74, 6) is 1.23. The van der Waals surface area contributed by atoms with E-state index in [1.165, 1.54) is 0 Å². The van der Waals surface area contributed by atoms with Gasteiger partial charge in [-0.15, -0.1) is 0 Å². The van der Waals surface area contributed by atoms with Crippen LogP contribution in [-0.4, -0.2) is 20.0 Å². The van der Waals surface area contributed by atoms with Crippen molar-refractivity contribution in [1.29, 1.82) is 0 Å². The van der Waals surface area contributed by atoms with Gasteiger partial charge < -0.3 is 14.6 Å². The molecule has 1 aromatic heterocycles. The zero-order chi connectivity index (χ0) is 14.0. The number of carbonyl (C=O) groups is 1. The van der Waals surface area contributed by atoms with E-state index in [4.69, 9.17) is 4.42 Å². The van der Waals surface area contributed by atoms with Gasteiger partial charge >= 0.3 is 0 Å². The van der Waals surface area contributed by atoms with Crippen LogP contribution in [0, 0.1) is 13.8 Å². The Morgan fingerprint density at radius 2 is 1.79 bits per heavy atom. The number of hydrogen-bond acceptors (Lipinski definition) is 3. The summed E-state index contributed by atoms with van der Waals surface area (Å²) < 4.78 is 5.36. The Kier molecular flexibility index (Phi) is 3.60. The van der Waals surface area contributed by atoms with Crippen LogP contribution in [0.25, 0.3) is 0 Å². The summed E-state index contributed by atoms with van der Waals surface area (Å²) in [5, 5.41) is 2.86. The van der Waals surface area contributed by atoms with Gasteiger partial charge in [-0.2, -0.15) is 0 Å². The summed E-state index contributed by atoms with van der Waals surface area (Å²) >= 11 is 0. The maximum atomic E-state index is 12.1. The first-order valence-corrected chi connectivity index (χ1v) is 6.13. The van der Waals surface area contributed by atoms with E-state index in [1.54, 1.807) is 13.0 Å².